The van der Waals surface area contributed by atoms with Crippen LogP contribution in [0.25, 0.3) is 0 Å². The Morgan fingerprint density at radius 3 is 2.83 bits per heavy atom. The quantitative estimate of drug-likeness (QED) is 0.887. The molecule has 1 aromatic rings. The minimum Gasteiger partial charge on any atom is -0.396 e. The Morgan fingerprint density at radius 2 is 2.11 bits per heavy atom. The standard InChI is InChI=1S/C15H21NO2/c17-11-5-7-13-6-4-10-16(12-13)15(18)14-8-2-1-3-9-14/h1-3,8-9,13,17H,4-7,10-12H2. The molecule has 1 unspecified atom stereocenters. The molecular formula is C15H21NO2. The van der Waals surface area contributed by atoms with E-state index in [1.807, 2.05) is 35.2 Å². The van der Waals surface area contributed by atoms with E-state index in [2.05, 4.69) is 0 Å². The van der Waals surface area contributed by atoms with Crippen molar-refractivity contribution in [2.75, 3.05) is 19.7 Å². The van der Waals surface area contributed by atoms with Crippen molar-refractivity contribution < 1.29 is 9.90 Å². The summed E-state index contributed by atoms with van der Waals surface area (Å²) in [7, 11) is 0. The Morgan fingerprint density at radius 1 is 1.33 bits per heavy atom. The fourth-order valence-electron chi connectivity index (χ4n) is 2.63. The van der Waals surface area contributed by atoms with Crippen LogP contribution in [0.15, 0.2) is 30.3 Å². The highest BCUT2D eigenvalue weighted by molar-refractivity contribution is 5.94. The first kappa shape index (κ1) is 13.1. The third kappa shape index (κ3) is 3.33. The summed E-state index contributed by atoms with van der Waals surface area (Å²) in [6, 6.07) is 9.48. The van der Waals surface area contributed by atoms with Gasteiger partial charge >= 0.3 is 0 Å². The molecule has 18 heavy (non-hydrogen) atoms. The minimum atomic E-state index is 0.143. The molecule has 3 nitrogen and oxygen atoms in total. The van der Waals surface area contributed by atoms with Crippen molar-refractivity contribution in [3.8, 4) is 0 Å². The van der Waals surface area contributed by atoms with Crippen LogP contribution in [0.5, 0.6) is 0 Å². The Labute approximate surface area is 108 Å². The SMILES string of the molecule is O=C(c1ccccc1)N1CCCC(CCCO)C1. The van der Waals surface area contributed by atoms with Crippen molar-refractivity contribution in [2.24, 2.45) is 5.92 Å². The molecule has 1 N–H and O–H groups in total. The monoisotopic (exact) mass is 247 g/mol. The van der Waals surface area contributed by atoms with Gasteiger partial charge in [-0.3, -0.25) is 4.79 Å². The Kier molecular flexibility index (Phi) is 4.76. The topological polar surface area (TPSA) is 40.5 Å². The van der Waals surface area contributed by atoms with Crippen LogP contribution < -0.4 is 0 Å². The lowest BCUT2D eigenvalue weighted by Gasteiger charge is -2.32. The van der Waals surface area contributed by atoms with Crippen molar-refractivity contribution in [1.29, 1.82) is 0 Å². The zero-order valence-corrected chi connectivity index (χ0v) is 10.7. The second-order valence-corrected chi connectivity index (χ2v) is 4.99. The maximum absolute atomic E-state index is 12.3. The molecule has 0 aromatic heterocycles. The van der Waals surface area contributed by atoms with Gasteiger partial charge in [-0.2, -0.15) is 0 Å². The fraction of sp³-hybridized carbons (Fsp3) is 0.533. The van der Waals surface area contributed by atoms with E-state index < -0.39 is 0 Å². The van der Waals surface area contributed by atoms with E-state index in [4.69, 9.17) is 5.11 Å². The van der Waals surface area contributed by atoms with Crippen molar-refractivity contribution in [1.82, 2.24) is 4.90 Å². The predicted octanol–water partition coefficient (Wildman–Crippen LogP) is 2.31. The van der Waals surface area contributed by atoms with E-state index in [0.29, 0.717) is 5.92 Å². The van der Waals surface area contributed by atoms with Gasteiger partial charge in [0.15, 0.2) is 0 Å². The summed E-state index contributed by atoms with van der Waals surface area (Å²) in [5.74, 6) is 0.697. The molecule has 1 saturated heterocycles. The summed E-state index contributed by atoms with van der Waals surface area (Å²) in [6.45, 7) is 1.96. The van der Waals surface area contributed by atoms with E-state index >= 15 is 0 Å². The molecule has 98 valence electrons. The molecule has 0 saturated carbocycles. The van der Waals surface area contributed by atoms with E-state index in [9.17, 15) is 4.79 Å². The first-order valence-electron chi connectivity index (χ1n) is 6.76. The van der Waals surface area contributed by atoms with Crippen molar-refractivity contribution >= 4 is 5.91 Å². The molecule has 1 aromatic carbocycles. The molecule has 0 aliphatic carbocycles. The summed E-state index contributed by atoms with van der Waals surface area (Å²) < 4.78 is 0. The molecule has 0 spiro atoms. The molecule has 1 aliphatic rings. The number of aliphatic hydroxyl groups is 1. The number of nitrogens with zero attached hydrogens (tertiary/aromatic N) is 1. The number of benzene rings is 1. The van der Waals surface area contributed by atoms with Gasteiger partial charge in [-0.1, -0.05) is 18.2 Å². The normalized spacial score (nSPS) is 19.8. The van der Waals surface area contributed by atoms with Gasteiger partial charge in [0.05, 0.1) is 0 Å². The Hall–Kier alpha value is -1.35. The maximum Gasteiger partial charge on any atom is 0.253 e. The van der Waals surface area contributed by atoms with E-state index in [1.54, 1.807) is 0 Å². The lowest BCUT2D eigenvalue weighted by atomic mass is 9.93. The number of hydrogen-bond acceptors (Lipinski definition) is 2. The van der Waals surface area contributed by atoms with Crippen LogP contribution in [0.3, 0.4) is 0 Å². The van der Waals surface area contributed by atoms with Crippen LogP contribution in [0.4, 0.5) is 0 Å². The van der Waals surface area contributed by atoms with Gasteiger partial charge in [-0.05, 0) is 43.7 Å². The third-order valence-electron chi connectivity index (χ3n) is 3.60. The lowest BCUT2D eigenvalue weighted by molar-refractivity contribution is 0.0663. The molecule has 0 bridgehead atoms. The van der Waals surface area contributed by atoms with E-state index in [-0.39, 0.29) is 12.5 Å². The Bertz CT molecular complexity index is 377. The zero-order chi connectivity index (χ0) is 12.8. The summed E-state index contributed by atoms with van der Waals surface area (Å²) >= 11 is 0. The first-order chi connectivity index (χ1) is 8.81. The number of amides is 1. The molecule has 1 amide bonds. The molecule has 1 atom stereocenters. The predicted molar refractivity (Wildman–Crippen MR) is 71.4 cm³/mol. The summed E-state index contributed by atoms with van der Waals surface area (Å²) in [6.07, 6.45) is 4.13. The third-order valence-corrected chi connectivity index (χ3v) is 3.60. The number of carbonyl (C=O) groups excluding carboxylic acids is 1. The van der Waals surface area contributed by atoms with Crippen LogP contribution in [0.1, 0.15) is 36.0 Å². The van der Waals surface area contributed by atoms with Crippen molar-refractivity contribution in [3.05, 3.63) is 35.9 Å². The van der Waals surface area contributed by atoms with E-state index in [0.717, 1.165) is 37.9 Å². The van der Waals surface area contributed by atoms with Gasteiger partial charge in [0, 0.05) is 25.3 Å². The number of likely N-dealkylation sites (tertiary alicyclic amines) is 1. The number of piperidine rings is 1. The van der Waals surface area contributed by atoms with Crippen LogP contribution in [0.2, 0.25) is 0 Å². The van der Waals surface area contributed by atoms with Crippen molar-refractivity contribution in [3.63, 3.8) is 0 Å². The summed E-state index contributed by atoms with van der Waals surface area (Å²) in [4.78, 5) is 14.3. The van der Waals surface area contributed by atoms with E-state index in [1.165, 1.54) is 6.42 Å². The van der Waals surface area contributed by atoms with Crippen LogP contribution >= 0.6 is 0 Å². The first-order valence-corrected chi connectivity index (χ1v) is 6.76. The van der Waals surface area contributed by atoms with Crippen LogP contribution in [0, 0.1) is 5.92 Å². The van der Waals surface area contributed by atoms with Crippen molar-refractivity contribution in [2.45, 2.75) is 25.7 Å². The molecule has 0 radical (unpaired) electrons. The van der Waals surface area contributed by atoms with Crippen LogP contribution in [-0.4, -0.2) is 35.6 Å². The summed E-state index contributed by atoms with van der Waals surface area (Å²) in [5, 5.41) is 8.87. The van der Waals surface area contributed by atoms with Crippen LogP contribution in [-0.2, 0) is 0 Å². The van der Waals surface area contributed by atoms with Gasteiger partial charge in [0.2, 0.25) is 0 Å². The fourth-order valence-corrected chi connectivity index (χ4v) is 2.63. The smallest absolute Gasteiger partial charge is 0.253 e. The number of aliphatic hydroxyl groups excluding tert-OH is 1. The Balaban J connectivity index is 1.94. The van der Waals surface area contributed by atoms with Gasteiger partial charge in [-0.15, -0.1) is 0 Å². The number of carbonyl (C=O) groups is 1. The average molecular weight is 247 g/mol. The average Bonchev–Trinajstić information content (AvgIpc) is 2.45. The molecule has 1 fully saturated rings. The number of rotatable bonds is 4. The highest BCUT2D eigenvalue weighted by atomic mass is 16.2. The highest BCUT2D eigenvalue weighted by Crippen LogP contribution is 2.22. The largest absolute Gasteiger partial charge is 0.396 e. The summed E-state index contributed by atoms with van der Waals surface area (Å²) in [5.41, 5.74) is 0.778. The molecule has 2 rings (SSSR count). The maximum atomic E-state index is 12.3. The molecular weight excluding hydrogens is 226 g/mol. The second kappa shape index (κ2) is 6.55. The van der Waals surface area contributed by atoms with Gasteiger partial charge in [0.1, 0.15) is 0 Å². The zero-order valence-electron chi connectivity index (χ0n) is 10.7. The molecule has 1 aliphatic heterocycles. The van der Waals surface area contributed by atoms with Gasteiger partial charge in [0.25, 0.3) is 5.91 Å². The lowest BCUT2D eigenvalue weighted by Crippen LogP contribution is -2.39. The van der Waals surface area contributed by atoms with Gasteiger partial charge in [-0.25, -0.2) is 0 Å². The van der Waals surface area contributed by atoms with Gasteiger partial charge < -0.3 is 10.0 Å². The highest BCUT2D eigenvalue weighted by Gasteiger charge is 2.23. The molecule has 3 heteroatoms. The minimum absolute atomic E-state index is 0.143. The number of hydrogen-bond donors (Lipinski definition) is 1. The molecule has 1 heterocycles. The second-order valence-electron chi connectivity index (χ2n) is 4.99.